The highest BCUT2D eigenvalue weighted by Gasteiger charge is 2.18. The summed E-state index contributed by atoms with van der Waals surface area (Å²) in [7, 11) is 3.10. The highest BCUT2D eigenvalue weighted by atomic mass is 16.5. The van der Waals surface area contributed by atoms with Crippen LogP contribution in [0, 0.1) is 0 Å². The minimum absolute atomic E-state index is 0.231. The van der Waals surface area contributed by atoms with Gasteiger partial charge in [0.2, 0.25) is 0 Å². The molecule has 1 amide bonds. The first-order valence-electron chi connectivity index (χ1n) is 10.6. The number of nitrogens with one attached hydrogen (secondary N) is 1. The minimum atomic E-state index is -0.239. The van der Waals surface area contributed by atoms with Gasteiger partial charge in [0.15, 0.2) is 0 Å². The molecule has 1 fully saturated rings. The molecule has 2 aromatic carbocycles. The molecule has 1 saturated heterocycles. The van der Waals surface area contributed by atoms with Gasteiger partial charge >= 0.3 is 0 Å². The van der Waals surface area contributed by atoms with Crippen LogP contribution in [0.4, 0.5) is 0 Å². The maximum absolute atomic E-state index is 13.3. The lowest BCUT2D eigenvalue weighted by molar-refractivity contribution is 0.0383. The van der Waals surface area contributed by atoms with E-state index < -0.39 is 0 Å². The van der Waals surface area contributed by atoms with Gasteiger partial charge in [-0.25, -0.2) is 0 Å². The van der Waals surface area contributed by atoms with Crippen molar-refractivity contribution < 1.29 is 19.0 Å². The molecule has 1 N–H and O–H groups in total. The number of carbonyl (C=O) groups is 1. The van der Waals surface area contributed by atoms with Crippen LogP contribution < -0.4 is 20.3 Å². The van der Waals surface area contributed by atoms with E-state index >= 15 is 0 Å². The van der Waals surface area contributed by atoms with Crippen LogP contribution in [0.2, 0.25) is 0 Å². The molecular weight excluding hydrogens is 410 g/mol. The average molecular weight is 437 g/mol. The highest BCUT2D eigenvalue weighted by molar-refractivity contribution is 6.06. The van der Waals surface area contributed by atoms with Gasteiger partial charge in [0, 0.05) is 49.2 Å². The number of fused-ring (bicyclic) bond motifs is 1. The number of hydrogen-bond acceptors (Lipinski definition) is 6. The highest BCUT2D eigenvalue weighted by Crippen LogP contribution is 2.28. The summed E-state index contributed by atoms with van der Waals surface area (Å²) in [6.07, 6.45) is 1.58. The first kappa shape index (κ1) is 21.9. The number of carbonyl (C=O) groups excluding carboxylic acids is 1. The lowest BCUT2D eigenvalue weighted by Crippen LogP contribution is -2.41. The van der Waals surface area contributed by atoms with Crippen molar-refractivity contribution >= 4 is 16.7 Å². The van der Waals surface area contributed by atoms with E-state index in [-0.39, 0.29) is 11.5 Å². The second-order valence-corrected chi connectivity index (χ2v) is 7.51. The molecule has 4 rings (SSSR count). The Hall–Kier alpha value is -3.36. The quantitative estimate of drug-likeness (QED) is 0.610. The number of morpholine rings is 1. The molecule has 32 heavy (non-hydrogen) atoms. The maximum Gasteiger partial charge on any atom is 0.263 e. The number of rotatable bonds is 7. The number of benzene rings is 2. The Morgan fingerprint density at radius 3 is 2.53 bits per heavy atom. The summed E-state index contributed by atoms with van der Waals surface area (Å²) in [6.45, 7) is 4.40. The lowest BCUT2D eigenvalue weighted by atomic mass is 10.1. The fourth-order valence-electron chi connectivity index (χ4n) is 3.88. The third-order valence-electron chi connectivity index (χ3n) is 5.63. The molecule has 2 heterocycles. The van der Waals surface area contributed by atoms with E-state index in [0.717, 1.165) is 19.6 Å². The molecule has 0 spiro atoms. The molecule has 1 aliphatic rings. The first-order chi connectivity index (χ1) is 15.6. The monoisotopic (exact) mass is 437 g/mol. The van der Waals surface area contributed by atoms with Crippen LogP contribution in [0.15, 0.2) is 53.5 Å². The Morgan fingerprint density at radius 1 is 1.06 bits per heavy atom. The second-order valence-electron chi connectivity index (χ2n) is 7.51. The Balaban J connectivity index is 1.71. The molecule has 0 atom stereocenters. The molecule has 168 valence electrons. The number of methoxy groups -OCH3 is 2. The molecule has 0 aliphatic carbocycles. The van der Waals surface area contributed by atoms with Crippen molar-refractivity contribution in [2.75, 3.05) is 53.6 Å². The van der Waals surface area contributed by atoms with Crippen LogP contribution in [0.1, 0.15) is 10.4 Å². The average Bonchev–Trinajstić information content (AvgIpc) is 2.84. The number of pyridine rings is 1. The predicted molar refractivity (Wildman–Crippen MR) is 122 cm³/mol. The second kappa shape index (κ2) is 9.84. The zero-order chi connectivity index (χ0) is 22.5. The topological polar surface area (TPSA) is 82.0 Å². The molecule has 3 aromatic rings. The van der Waals surface area contributed by atoms with Crippen LogP contribution >= 0.6 is 0 Å². The molecule has 1 aromatic heterocycles. The molecule has 0 radical (unpaired) electrons. The molecule has 0 unspecified atom stereocenters. The molecule has 8 nitrogen and oxygen atoms in total. The van der Waals surface area contributed by atoms with Crippen LogP contribution in [0.3, 0.4) is 0 Å². The van der Waals surface area contributed by atoms with E-state index in [2.05, 4.69) is 10.2 Å². The maximum atomic E-state index is 13.3. The third-order valence-corrected chi connectivity index (χ3v) is 5.63. The third kappa shape index (κ3) is 4.46. The number of aromatic nitrogens is 1. The van der Waals surface area contributed by atoms with E-state index in [0.29, 0.717) is 53.3 Å². The Kier molecular flexibility index (Phi) is 6.72. The van der Waals surface area contributed by atoms with Crippen molar-refractivity contribution in [2.45, 2.75) is 0 Å². The lowest BCUT2D eigenvalue weighted by Gasteiger charge is -2.26. The summed E-state index contributed by atoms with van der Waals surface area (Å²) in [5.41, 5.74) is 0.689. The molecule has 0 bridgehead atoms. The standard InChI is InChI=1S/C24H27N3O5/c1-30-17-7-8-22(31-2)21(15-17)27-16-20(18-5-3-4-6-19(18)24(27)29)23(28)25-9-10-26-11-13-32-14-12-26/h3-8,15-16H,9-14H2,1-2H3,(H,25,28). The van der Waals surface area contributed by atoms with Gasteiger partial charge in [0.1, 0.15) is 11.5 Å². The van der Waals surface area contributed by atoms with Gasteiger partial charge in [0.25, 0.3) is 11.5 Å². The minimum Gasteiger partial charge on any atom is -0.497 e. The largest absolute Gasteiger partial charge is 0.497 e. The zero-order valence-corrected chi connectivity index (χ0v) is 18.3. The summed E-state index contributed by atoms with van der Waals surface area (Å²) in [5.74, 6) is 0.851. The Bertz CT molecular complexity index is 1170. The summed E-state index contributed by atoms with van der Waals surface area (Å²) in [6, 6.07) is 12.3. The number of hydrogen-bond donors (Lipinski definition) is 1. The van der Waals surface area contributed by atoms with Crippen molar-refractivity contribution in [3.8, 4) is 17.2 Å². The van der Waals surface area contributed by atoms with Crippen molar-refractivity contribution in [3.63, 3.8) is 0 Å². The van der Waals surface area contributed by atoms with Crippen molar-refractivity contribution in [1.82, 2.24) is 14.8 Å². The Morgan fingerprint density at radius 2 is 1.81 bits per heavy atom. The normalized spacial score (nSPS) is 14.3. The van der Waals surface area contributed by atoms with E-state index in [1.165, 1.54) is 11.7 Å². The zero-order valence-electron chi connectivity index (χ0n) is 18.3. The van der Waals surface area contributed by atoms with Gasteiger partial charge in [-0.2, -0.15) is 0 Å². The van der Waals surface area contributed by atoms with Crippen molar-refractivity contribution in [2.24, 2.45) is 0 Å². The van der Waals surface area contributed by atoms with Gasteiger partial charge in [0.05, 0.1) is 38.7 Å². The summed E-state index contributed by atoms with van der Waals surface area (Å²) < 4.78 is 17.6. The van der Waals surface area contributed by atoms with Gasteiger partial charge in [-0.3, -0.25) is 19.1 Å². The fourth-order valence-corrected chi connectivity index (χ4v) is 3.88. The van der Waals surface area contributed by atoms with Crippen LogP contribution in [-0.2, 0) is 4.74 Å². The fraction of sp³-hybridized carbons (Fsp3) is 0.333. The predicted octanol–water partition coefficient (Wildman–Crippen LogP) is 2.07. The first-order valence-corrected chi connectivity index (χ1v) is 10.6. The summed E-state index contributed by atoms with van der Waals surface area (Å²) >= 11 is 0. The van der Waals surface area contributed by atoms with E-state index in [1.54, 1.807) is 49.7 Å². The molecule has 0 saturated carbocycles. The number of ether oxygens (including phenoxy) is 3. The molecule has 1 aliphatic heterocycles. The Labute approximate surface area is 186 Å². The van der Waals surface area contributed by atoms with Crippen LogP contribution in [-0.4, -0.2) is 69.0 Å². The number of amides is 1. The van der Waals surface area contributed by atoms with Crippen LogP contribution in [0.25, 0.3) is 16.5 Å². The van der Waals surface area contributed by atoms with Crippen LogP contribution in [0.5, 0.6) is 11.5 Å². The summed E-state index contributed by atoms with van der Waals surface area (Å²) in [4.78, 5) is 28.7. The van der Waals surface area contributed by atoms with Gasteiger partial charge in [-0.15, -0.1) is 0 Å². The van der Waals surface area contributed by atoms with E-state index in [4.69, 9.17) is 14.2 Å². The smallest absolute Gasteiger partial charge is 0.263 e. The summed E-state index contributed by atoms with van der Waals surface area (Å²) in [5, 5.41) is 4.06. The van der Waals surface area contributed by atoms with Crippen molar-refractivity contribution in [3.05, 3.63) is 64.6 Å². The SMILES string of the molecule is COc1ccc(OC)c(-n2cc(C(=O)NCCN3CCOCC3)c3ccccc3c2=O)c1. The van der Waals surface area contributed by atoms with Crippen molar-refractivity contribution in [1.29, 1.82) is 0 Å². The molecular formula is C24H27N3O5. The van der Waals surface area contributed by atoms with E-state index in [9.17, 15) is 9.59 Å². The van der Waals surface area contributed by atoms with Gasteiger partial charge in [-0.05, 0) is 18.2 Å². The number of nitrogens with zero attached hydrogens (tertiary/aromatic N) is 2. The van der Waals surface area contributed by atoms with E-state index in [1.807, 2.05) is 6.07 Å². The van der Waals surface area contributed by atoms with Gasteiger partial charge < -0.3 is 19.5 Å². The van der Waals surface area contributed by atoms with Gasteiger partial charge in [-0.1, -0.05) is 18.2 Å². The molecule has 8 heteroatoms.